The summed E-state index contributed by atoms with van der Waals surface area (Å²) in [4.78, 5) is 16.9. The second kappa shape index (κ2) is 8.91. The van der Waals surface area contributed by atoms with Gasteiger partial charge in [-0.1, -0.05) is 24.3 Å². The maximum Gasteiger partial charge on any atom is 0.319 e. The van der Waals surface area contributed by atoms with E-state index in [1.165, 1.54) is 24.1 Å². The van der Waals surface area contributed by atoms with Crippen LogP contribution in [0, 0.1) is 6.92 Å². The van der Waals surface area contributed by atoms with E-state index in [2.05, 4.69) is 44.7 Å². The van der Waals surface area contributed by atoms with E-state index in [9.17, 15) is 4.79 Å². The van der Waals surface area contributed by atoms with E-state index in [0.29, 0.717) is 6.54 Å². The van der Waals surface area contributed by atoms with Gasteiger partial charge in [-0.05, 0) is 68.2 Å². The second-order valence-corrected chi connectivity index (χ2v) is 7.45. The van der Waals surface area contributed by atoms with Crippen molar-refractivity contribution in [1.29, 1.82) is 0 Å². The van der Waals surface area contributed by atoms with Crippen LogP contribution in [0.2, 0.25) is 0 Å². The smallest absolute Gasteiger partial charge is 0.319 e. The van der Waals surface area contributed by atoms with E-state index in [1.807, 2.05) is 45.3 Å². The Labute approximate surface area is 162 Å². The predicted octanol–water partition coefficient (Wildman–Crippen LogP) is 4.02. The molecule has 2 aromatic carbocycles. The number of benzene rings is 2. The molecule has 0 saturated carbocycles. The molecule has 3 rings (SSSR count). The fourth-order valence-electron chi connectivity index (χ4n) is 3.59. The topological polar surface area (TPSA) is 47.6 Å². The molecule has 0 bridgehead atoms. The lowest BCUT2D eigenvalue weighted by Gasteiger charge is -2.28. The van der Waals surface area contributed by atoms with Crippen molar-refractivity contribution in [3.63, 3.8) is 0 Å². The highest BCUT2D eigenvalue weighted by Gasteiger charge is 2.24. The first-order valence-electron chi connectivity index (χ1n) is 9.66. The van der Waals surface area contributed by atoms with Crippen molar-refractivity contribution in [2.75, 3.05) is 43.9 Å². The number of amides is 2. The monoisotopic (exact) mass is 366 g/mol. The maximum absolute atomic E-state index is 12.4. The Bertz CT molecular complexity index is 751. The number of hydrogen-bond donors (Lipinski definition) is 2. The van der Waals surface area contributed by atoms with Crippen LogP contribution in [-0.4, -0.2) is 44.7 Å². The van der Waals surface area contributed by atoms with Crippen LogP contribution >= 0.6 is 0 Å². The van der Waals surface area contributed by atoms with Gasteiger partial charge in [0.05, 0.1) is 6.04 Å². The van der Waals surface area contributed by atoms with Gasteiger partial charge in [-0.2, -0.15) is 0 Å². The van der Waals surface area contributed by atoms with Gasteiger partial charge in [-0.25, -0.2) is 4.79 Å². The van der Waals surface area contributed by atoms with Crippen molar-refractivity contribution in [1.82, 2.24) is 10.2 Å². The Balaban J connectivity index is 1.65. The fourth-order valence-corrected chi connectivity index (χ4v) is 3.59. The Hall–Kier alpha value is -2.53. The first-order valence-corrected chi connectivity index (χ1v) is 9.66. The van der Waals surface area contributed by atoms with E-state index >= 15 is 0 Å². The van der Waals surface area contributed by atoms with E-state index in [-0.39, 0.29) is 12.1 Å². The lowest BCUT2D eigenvalue weighted by atomic mass is 10.0. The summed E-state index contributed by atoms with van der Waals surface area (Å²) in [6, 6.07) is 16.5. The van der Waals surface area contributed by atoms with Crippen molar-refractivity contribution < 1.29 is 4.79 Å². The number of hydrogen-bond acceptors (Lipinski definition) is 3. The summed E-state index contributed by atoms with van der Waals surface area (Å²) in [5.74, 6) is 0. The Kier molecular flexibility index (Phi) is 6.35. The molecule has 1 heterocycles. The molecule has 27 heavy (non-hydrogen) atoms. The third-order valence-electron chi connectivity index (χ3n) is 5.11. The summed E-state index contributed by atoms with van der Waals surface area (Å²) in [6.45, 7) is 4.78. The maximum atomic E-state index is 12.4. The molecular weight excluding hydrogens is 336 g/mol. The highest BCUT2D eigenvalue weighted by Crippen LogP contribution is 2.26. The van der Waals surface area contributed by atoms with Crippen LogP contribution in [0.5, 0.6) is 0 Å². The molecule has 2 N–H and O–H groups in total. The molecule has 1 fully saturated rings. The van der Waals surface area contributed by atoms with Gasteiger partial charge in [0, 0.05) is 32.0 Å². The molecule has 1 aliphatic rings. The number of carbonyl (C=O) groups is 1. The van der Waals surface area contributed by atoms with Gasteiger partial charge >= 0.3 is 6.03 Å². The minimum Gasteiger partial charge on any atom is -0.378 e. The summed E-state index contributed by atoms with van der Waals surface area (Å²) in [5, 5.41) is 5.99. The van der Waals surface area contributed by atoms with E-state index in [0.717, 1.165) is 24.3 Å². The number of aryl methyl sites for hydroxylation is 1. The molecule has 5 nitrogen and oxygen atoms in total. The zero-order valence-electron chi connectivity index (χ0n) is 16.5. The van der Waals surface area contributed by atoms with Gasteiger partial charge in [0.25, 0.3) is 0 Å². The van der Waals surface area contributed by atoms with Crippen LogP contribution in [0.25, 0.3) is 0 Å². The van der Waals surface area contributed by atoms with Gasteiger partial charge in [0.2, 0.25) is 0 Å². The molecule has 5 heteroatoms. The number of urea groups is 1. The van der Waals surface area contributed by atoms with Gasteiger partial charge in [0.15, 0.2) is 0 Å². The van der Waals surface area contributed by atoms with Crippen molar-refractivity contribution in [2.45, 2.75) is 25.8 Å². The van der Waals surface area contributed by atoms with Crippen LogP contribution in [0.1, 0.15) is 30.0 Å². The third kappa shape index (κ3) is 5.23. The molecule has 1 atom stereocenters. The number of likely N-dealkylation sites (tertiary alicyclic amines) is 1. The van der Waals surface area contributed by atoms with Crippen LogP contribution in [-0.2, 0) is 0 Å². The molecule has 1 aliphatic heterocycles. The number of rotatable bonds is 6. The minimum atomic E-state index is -0.158. The first kappa shape index (κ1) is 19.2. The summed E-state index contributed by atoms with van der Waals surface area (Å²) in [7, 11) is 4.09. The molecule has 0 aromatic heterocycles. The van der Waals surface area contributed by atoms with Gasteiger partial charge in [-0.3, -0.25) is 4.90 Å². The third-order valence-corrected chi connectivity index (χ3v) is 5.11. The molecule has 2 aromatic rings. The zero-order chi connectivity index (χ0) is 19.2. The molecule has 144 valence electrons. The van der Waals surface area contributed by atoms with Crippen molar-refractivity contribution in [2.24, 2.45) is 0 Å². The quantitative estimate of drug-likeness (QED) is 0.812. The second-order valence-electron chi connectivity index (χ2n) is 7.45. The lowest BCUT2D eigenvalue weighted by Crippen LogP contribution is -2.38. The van der Waals surface area contributed by atoms with Crippen molar-refractivity contribution >= 4 is 17.4 Å². The van der Waals surface area contributed by atoms with Gasteiger partial charge < -0.3 is 15.5 Å². The zero-order valence-corrected chi connectivity index (χ0v) is 16.5. The van der Waals surface area contributed by atoms with Crippen molar-refractivity contribution in [3.8, 4) is 0 Å². The molecule has 1 saturated heterocycles. The molecule has 2 amide bonds. The average molecular weight is 367 g/mol. The molecule has 0 aliphatic carbocycles. The minimum absolute atomic E-state index is 0.158. The Morgan fingerprint density at radius 2 is 1.81 bits per heavy atom. The average Bonchev–Trinajstić information content (AvgIpc) is 3.17. The summed E-state index contributed by atoms with van der Waals surface area (Å²) >= 11 is 0. The summed E-state index contributed by atoms with van der Waals surface area (Å²) < 4.78 is 0. The number of anilines is 2. The van der Waals surface area contributed by atoms with Crippen LogP contribution in [0.15, 0.2) is 48.5 Å². The lowest BCUT2D eigenvalue weighted by molar-refractivity contribution is 0.227. The highest BCUT2D eigenvalue weighted by atomic mass is 16.2. The predicted molar refractivity (Wildman–Crippen MR) is 113 cm³/mol. The normalized spacial score (nSPS) is 15.4. The SMILES string of the molecule is Cc1cccc(NC(=O)NCC(c2ccc(N(C)C)cc2)N2CCCC2)c1. The summed E-state index contributed by atoms with van der Waals surface area (Å²) in [5.41, 5.74) is 4.38. The molecule has 1 unspecified atom stereocenters. The number of nitrogens with zero attached hydrogens (tertiary/aromatic N) is 2. The largest absolute Gasteiger partial charge is 0.378 e. The van der Waals surface area contributed by atoms with Crippen LogP contribution in [0.3, 0.4) is 0 Å². The number of nitrogens with one attached hydrogen (secondary N) is 2. The van der Waals surface area contributed by atoms with Crippen LogP contribution in [0.4, 0.5) is 16.2 Å². The molecule has 0 spiro atoms. The van der Waals surface area contributed by atoms with E-state index in [1.54, 1.807) is 0 Å². The Morgan fingerprint density at radius 3 is 2.44 bits per heavy atom. The van der Waals surface area contributed by atoms with Gasteiger partial charge in [0.1, 0.15) is 0 Å². The fraction of sp³-hybridized carbons (Fsp3) is 0.409. The van der Waals surface area contributed by atoms with Crippen molar-refractivity contribution in [3.05, 3.63) is 59.7 Å². The van der Waals surface area contributed by atoms with E-state index < -0.39 is 0 Å². The highest BCUT2D eigenvalue weighted by molar-refractivity contribution is 5.89. The first-order chi connectivity index (χ1) is 13.0. The van der Waals surface area contributed by atoms with Gasteiger partial charge in [-0.15, -0.1) is 0 Å². The van der Waals surface area contributed by atoms with E-state index in [4.69, 9.17) is 0 Å². The number of carbonyl (C=O) groups excluding carboxylic acids is 1. The Morgan fingerprint density at radius 1 is 1.11 bits per heavy atom. The molecular formula is C22H30N4O. The standard InChI is InChI=1S/C22H30N4O/c1-17-7-6-8-19(15-17)24-22(27)23-16-21(26-13-4-5-14-26)18-9-11-20(12-10-18)25(2)3/h6-12,15,21H,4-5,13-14,16H2,1-3H3,(H2,23,24,27). The molecule has 0 radical (unpaired) electrons. The van der Waals surface area contributed by atoms with Crippen LogP contribution < -0.4 is 15.5 Å². The summed E-state index contributed by atoms with van der Waals surface area (Å²) in [6.07, 6.45) is 2.45.